The number of anilines is 1. The van der Waals surface area contributed by atoms with Crippen LogP contribution < -0.4 is 51.3 Å². The molecule has 2 heterocycles. The van der Waals surface area contributed by atoms with Crippen LogP contribution in [-0.2, 0) is 27.2 Å². The molecule has 3 aromatic rings. The van der Waals surface area contributed by atoms with Crippen LogP contribution in [-0.4, -0.2) is 45.4 Å². The molecule has 12 heteroatoms. The van der Waals surface area contributed by atoms with E-state index in [9.17, 15) is 24.3 Å². The minimum atomic E-state index is -1.47. The van der Waals surface area contributed by atoms with Crippen molar-refractivity contribution in [1.29, 1.82) is 0 Å². The molecule has 34 heavy (non-hydrogen) atoms. The van der Waals surface area contributed by atoms with Crippen molar-refractivity contribution in [3.63, 3.8) is 0 Å². The predicted octanol–water partition coefficient (Wildman–Crippen LogP) is -2.94. The number of H-pyrrole nitrogens is 2. The van der Waals surface area contributed by atoms with Crippen molar-refractivity contribution >= 4 is 34.8 Å². The van der Waals surface area contributed by atoms with Gasteiger partial charge >= 0.3 is 35.5 Å². The molecule has 2 aromatic heterocycles. The molecule has 0 fully saturated rings. The van der Waals surface area contributed by atoms with Crippen molar-refractivity contribution in [3.05, 3.63) is 57.5 Å². The molecule has 0 aliphatic heterocycles. The normalized spacial score (nSPS) is 11.1. The third-order valence-electron chi connectivity index (χ3n) is 4.84. The molecule has 5 N–H and O–H groups in total. The van der Waals surface area contributed by atoms with E-state index in [1.165, 1.54) is 6.92 Å². The Hall–Kier alpha value is -3.15. The van der Waals surface area contributed by atoms with Crippen LogP contribution in [0.3, 0.4) is 0 Å². The zero-order valence-corrected chi connectivity index (χ0v) is 20.3. The number of aliphatic carboxylic acids is 1. The van der Waals surface area contributed by atoms with Gasteiger partial charge in [0.15, 0.2) is 0 Å². The number of nitrogens with one attached hydrogen (secondary N) is 3. The van der Waals surface area contributed by atoms with Gasteiger partial charge in [0.2, 0.25) is 5.95 Å². The number of hydrogen-bond donors (Lipinski definition) is 4. The van der Waals surface area contributed by atoms with E-state index in [-0.39, 0.29) is 67.1 Å². The summed E-state index contributed by atoms with van der Waals surface area (Å²) in [5, 5.41) is 14.0. The number of benzene rings is 1. The summed E-state index contributed by atoms with van der Waals surface area (Å²) in [5.41, 5.74) is 7.64. The molecule has 1 atom stereocenters. The summed E-state index contributed by atoms with van der Waals surface area (Å²) in [5.74, 6) is -2.55. The van der Waals surface area contributed by atoms with Crippen molar-refractivity contribution in [1.82, 2.24) is 20.3 Å². The van der Waals surface area contributed by atoms with E-state index >= 15 is 0 Å². The van der Waals surface area contributed by atoms with E-state index in [4.69, 9.17) is 10.5 Å². The molecular formula is C22H26N5NaO6. The second-order valence-corrected chi connectivity index (χ2v) is 7.16. The molecule has 0 aliphatic carbocycles. The minimum Gasteiger partial charge on any atom is -0.548 e. The van der Waals surface area contributed by atoms with Gasteiger partial charge in [-0.25, -0.2) is 0 Å². The number of nitrogen functional groups attached to an aromatic ring is 1. The van der Waals surface area contributed by atoms with E-state index in [2.05, 4.69) is 20.3 Å². The number of aromatic amines is 2. The van der Waals surface area contributed by atoms with Crippen molar-refractivity contribution in [3.8, 4) is 0 Å². The SMILES string of the molecule is C.CC(=O)OCC[C@H](NC(=O)c1ccc(CCc2c[nH]c3nc(N)[nH]c(=O)c23)cc1)C(=O)[O-].[Na+]. The molecule has 0 radical (unpaired) electrons. The number of esters is 1. The Balaban J connectivity index is 0.00000289. The molecule has 0 saturated heterocycles. The van der Waals surface area contributed by atoms with Crippen molar-refractivity contribution < 1.29 is 53.8 Å². The molecule has 1 aromatic carbocycles. The smallest absolute Gasteiger partial charge is 0.548 e. The van der Waals surface area contributed by atoms with Crippen LogP contribution in [0.15, 0.2) is 35.3 Å². The Morgan fingerprint density at radius 1 is 1.21 bits per heavy atom. The number of nitrogens with two attached hydrogens (primary N) is 1. The monoisotopic (exact) mass is 479 g/mol. The van der Waals surface area contributed by atoms with Crippen molar-refractivity contribution in [2.45, 2.75) is 39.7 Å². The van der Waals surface area contributed by atoms with Crippen LogP contribution in [0.1, 0.15) is 42.3 Å². The van der Waals surface area contributed by atoms with Gasteiger partial charge in [0, 0.05) is 25.1 Å². The van der Waals surface area contributed by atoms with E-state index in [0.717, 1.165) is 11.1 Å². The maximum atomic E-state index is 12.4. The molecule has 0 spiro atoms. The summed E-state index contributed by atoms with van der Waals surface area (Å²) in [6.07, 6.45) is 2.77. The van der Waals surface area contributed by atoms with Gasteiger partial charge in [0.05, 0.1) is 24.0 Å². The zero-order valence-electron chi connectivity index (χ0n) is 18.3. The number of aromatic nitrogens is 3. The number of carbonyl (C=O) groups is 3. The van der Waals surface area contributed by atoms with E-state index in [1.807, 2.05) is 0 Å². The number of carbonyl (C=O) groups excluding carboxylic acids is 3. The molecular weight excluding hydrogens is 453 g/mol. The molecule has 0 saturated carbocycles. The average Bonchev–Trinajstić information content (AvgIpc) is 3.14. The Labute approximate surface area is 217 Å². The van der Waals surface area contributed by atoms with Crippen LogP contribution in [0.2, 0.25) is 0 Å². The van der Waals surface area contributed by atoms with Crippen molar-refractivity contribution in [2.75, 3.05) is 12.3 Å². The predicted molar refractivity (Wildman–Crippen MR) is 119 cm³/mol. The van der Waals surface area contributed by atoms with E-state index in [1.54, 1.807) is 30.5 Å². The van der Waals surface area contributed by atoms with Gasteiger partial charge in [-0.05, 0) is 36.1 Å². The number of rotatable bonds is 9. The first-order chi connectivity index (χ1) is 15.2. The number of fused-ring (bicyclic) bond motifs is 1. The quantitative estimate of drug-likeness (QED) is 0.186. The molecule has 0 bridgehead atoms. The number of carboxylic acid groups (broad SMARTS) is 1. The van der Waals surface area contributed by atoms with Crippen LogP contribution in [0, 0.1) is 0 Å². The van der Waals surface area contributed by atoms with Crippen LogP contribution in [0.4, 0.5) is 5.95 Å². The molecule has 3 rings (SSSR count). The Bertz CT molecular complexity index is 1200. The second-order valence-electron chi connectivity index (χ2n) is 7.16. The number of aryl methyl sites for hydroxylation is 2. The number of hydrogen-bond acceptors (Lipinski definition) is 8. The third kappa shape index (κ3) is 7.44. The first-order valence-electron chi connectivity index (χ1n) is 9.84. The largest absolute Gasteiger partial charge is 1.00 e. The average molecular weight is 479 g/mol. The third-order valence-corrected chi connectivity index (χ3v) is 4.84. The summed E-state index contributed by atoms with van der Waals surface area (Å²) in [6, 6.07) is 5.36. The van der Waals surface area contributed by atoms with Crippen molar-refractivity contribution in [2.24, 2.45) is 0 Å². The van der Waals surface area contributed by atoms with Gasteiger partial charge in [-0.2, -0.15) is 4.98 Å². The van der Waals surface area contributed by atoms with Crippen LogP contribution in [0.5, 0.6) is 0 Å². The standard InChI is InChI=1S/C21H23N5O6.CH4.Na/c1-11(27)32-9-8-15(20(30)31)24-18(28)13-5-2-12(3-6-13)4-7-14-10-23-17-16(14)19(29)26-21(22)25-17;;/h2-3,5-6,10,15H,4,7-9H2,1H3,(H,24,28)(H,30,31)(H4,22,23,25,26,29);1H4;/q;;+1/p-1/t15-;;/m0../s1. The van der Waals surface area contributed by atoms with Crippen LogP contribution in [0.25, 0.3) is 11.0 Å². The summed E-state index contributed by atoms with van der Waals surface area (Å²) in [6.45, 7) is 1.06. The maximum Gasteiger partial charge on any atom is 1.00 e. The minimum absolute atomic E-state index is 0. The first-order valence-corrected chi connectivity index (χ1v) is 9.84. The summed E-state index contributed by atoms with van der Waals surface area (Å²) in [4.78, 5) is 56.0. The molecule has 11 nitrogen and oxygen atoms in total. The fourth-order valence-electron chi connectivity index (χ4n) is 3.23. The van der Waals surface area contributed by atoms with Gasteiger partial charge in [-0.3, -0.25) is 19.4 Å². The summed E-state index contributed by atoms with van der Waals surface area (Å²) in [7, 11) is 0. The Kier molecular flexibility index (Phi) is 11.0. The summed E-state index contributed by atoms with van der Waals surface area (Å²) >= 11 is 0. The number of ether oxygens (including phenoxy) is 1. The number of nitrogens with zero attached hydrogens (tertiary/aromatic N) is 1. The van der Waals surface area contributed by atoms with Crippen LogP contribution >= 0.6 is 0 Å². The molecule has 0 unspecified atom stereocenters. The van der Waals surface area contributed by atoms with Gasteiger partial charge in [-0.15, -0.1) is 0 Å². The fourth-order valence-corrected chi connectivity index (χ4v) is 3.23. The number of carboxylic acids is 1. The molecule has 1 amide bonds. The molecule has 176 valence electrons. The fraction of sp³-hybridized carbons (Fsp3) is 0.318. The van der Waals surface area contributed by atoms with E-state index in [0.29, 0.717) is 23.9 Å². The Morgan fingerprint density at radius 2 is 1.88 bits per heavy atom. The van der Waals surface area contributed by atoms with Gasteiger partial charge in [0.1, 0.15) is 5.65 Å². The van der Waals surface area contributed by atoms with Gasteiger partial charge in [0.25, 0.3) is 11.5 Å². The maximum absolute atomic E-state index is 12.4. The first kappa shape index (κ1) is 28.9. The zero-order chi connectivity index (χ0) is 23.3. The van der Waals surface area contributed by atoms with Gasteiger partial charge < -0.3 is 30.7 Å². The van der Waals surface area contributed by atoms with E-state index < -0.39 is 23.9 Å². The topological polar surface area (TPSA) is 183 Å². The van der Waals surface area contributed by atoms with Gasteiger partial charge in [-0.1, -0.05) is 19.6 Å². The Morgan fingerprint density at radius 3 is 2.50 bits per heavy atom. The number of amides is 1. The molecule has 0 aliphatic rings. The summed E-state index contributed by atoms with van der Waals surface area (Å²) < 4.78 is 4.71. The second kappa shape index (κ2) is 12.9.